The van der Waals surface area contributed by atoms with E-state index in [1.54, 1.807) is 42.5 Å². The Balaban J connectivity index is 1.71. The number of benzene rings is 2. The summed E-state index contributed by atoms with van der Waals surface area (Å²) in [6, 6.07) is 13.5. The van der Waals surface area contributed by atoms with Gasteiger partial charge in [0.15, 0.2) is 0 Å². The van der Waals surface area contributed by atoms with Crippen molar-refractivity contribution in [2.75, 3.05) is 17.2 Å². The van der Waals surface area contributed by atoms with Crippen LogP contribution in [0.2, 0.25) is 5.02 Å². The second kappa shape index (κ2) is 11.0. The predicted octanol–water partition coefficient (Wildman–Crippen LogP) is 7.60. The van der Waals surface area contributed by atoms with Crippen LogP contribution >= 0.6 is 11.6 Å². The summed E-state index contributed by atoms with van der Waals surface area (Å²) in [6.45, 7) is 2.80. The minimum atomic E-state index is -4.62. The standard InChI is InChI=1S/C23H24ClF3N4O/c1-2-3-4-5-13-32-19-11-9-17(10-12-19)30-22-28-15-20(23(25,26)27)21(31-22)29-18-8-6-7-16(24)14-18/h6-12,14-15H,2-5,13H2,1H3,(H2,28,29,30,31). The molecule has 0 unspecified atom stereocenters. The van der Waals surface area contributed by atoms with E-state index in [0.717, 1.165) is 24.8 Å². The predicted molar refractivity (Wildman–Crippen MR) is 121 cm³/mol. The SMILES string of the molecule is CCCCCCOc1ccc(Nc2ncc(C(F)(F)F)c(Nc3cccc(Cl)c3)n2)cc1. The monoisotopic (exact) mass is 464 g/mol. The van der Waals surface area contributed by atoms with Gasteiger partial charge < -0.3 is 15.4 Å². The molecule has 0 aliphatic rings. The molecule has 32 heavy (non-hydrogen) atoms. The molecule has 0 spiro atoms. The summed E-state index contributed by atoms with van der Waals surface area (Å²) >= 11 is 5.93. The van der Waals surface area contributed by atoms with Gasteiger partial charge in [-0.3, -0.25) is 0 Å². The van der Waals surface area contributed by atoms with Crippen LogP contribution in [-0.2, 0) is 6.18 Å². The molecule has 2 N–H and O–H groups in total. The Morgan fingerprint density at radius 3 is 2.44 bits per heavy atom. The summed E-state index contributed by atoms with van der Waals surface area (Å²) < 4.78 is 46.0. The van der Waals surface area contributed by atoms with Gasteiger partial charge >= 0.3 is 6.18 Å². The molecule has 0 atom stereocenters. The highest BCUT2D eigenvalue weighted by molar-refractivity contribution is 6.30. The fourth-order valence-corrected chi connectivity index (χ4v) is 3.12. The van der Waals surface area contributed by atoms with Gasteiger partial charge in [-0.2, -0.15) is 18.2 Å². The smallest absolute Gasteiger partial charge is 0.421 e. The molecule has 3 aromatic rings. The summed E-state index contributed by atoms with van der Waals surface area (Å²) in [7, 11) is 0. The fraction of sp³-hybridized carbons (Fsp3) is 0.304. The van der Waals surface area contributed by atoms with Crippen molar-refractivity contribution < 1.29 is 17.9 Å². The molecule has 3 rings (SSSR count). The lowest BCUT2D eigenvalue weighted by atomic mass is 10.2. The van der Waals surface area contributed by atoms with Crippen molar-refractivity contribution in [1.29, 1.82) is 0 Å². The van der Waals surface area contributed by atoms with Gasteiger partial charge in [0.05, 0.1) is 6.61 Å². The van der Waals surface area contributed by atoms with Crippen LogP contribution in [0.1, 0.15) is 38.2 Å². The Morgan fingerprint density at radius 1 is 0.969 bits per heavy atom. The van der Waals surface area contributed by atoms with Gasteiger partial charge in [0.1, 0.15) is 17.1 Å². The second-order valence-corrected chi connectivity index (χ2v) is 7.58. The van der Waals surface area contributed by atoms with E-state index in [0.29, 0.717) is 23.0 Å². The number of hydrogen-bond donors (Lipinski definition) is 2. The highest BCUT2D eigenvalue weighted by Gasteiger charge is 2.35. The summed E-state index contributed by atoms with van der Waals surface area (Å²) in [4.78, 5) is 7.85. The molecule has 1 aromatic heterocycles. The van der Waals surface area contributed by atoms with E-state index in [4.69, 9.17) is 16.3 Å². The van der Waals surface area contributed by atoms with Crippen LogP contribution in [0, 0.1) is 0 Å². The molecular formula is C23H24ClF3N4O. The van der Waals surface area contributed by atoms with Gasteiger partial charge in [-0.1, -0.05) is 43.9 Å². The minimum Gasteiger partial charge on any atom is -0.494 e. The molecule has 0 aliphatic heterocycles. The Kier molecular flexibility index (Phi) is 8.16. The number of rotatable bonds is 10. The Labute approximate surface area is 190 Å². The zero-order valence-corrected chi connectivity index (χ0v) is 18.3. The van der Waals surface area contributed by atoms with Gasteiger partial charge in [0, 0.05) is 22.6 Å². The number of aromatic nitrogens is 2. The lowest BCUT2D eigenvalue weighted by Gasteiger charge is -2.15. The molecule has 0 bridgehead atoms. The number of ether oxygens (including phenoxy) is 1. The molecule has 9 heteroatoms. The van der Waals surface area contributed by atoms with Crippen LogP contribution in [0.5, 0.6) is 5.75 Å². The van der Waals surface area contributed by atoms with Crippen molar-refractivity contribution in [2.45, 2.75) is 38.8 Å². The average molecular weight is 465 g/mol. The summed E-state index contributed by atoms with van der Waals surface area (Å²) in [5.41, 5.74) is 0.0275. The first-order valence-electron chi connectivity index (χ1n) is 10.3. The van der Waals surface area contributed by atoms with E-state index in [-0.39, 0.29) is 11.8 Å². The quantitative estimate of drug-likeness (QED) is 0.302. The first-order chi connectivity index (χ1) is 15.3. The number of hydrogen-bond acceptors (Lipinski definition) is 5. The number of halogens is 4. The molecule has 0 radical (unpaired) electrons. The number of nitrogens with zero attached hydrogens (tertiary/aromatic N) is 2. The van der Waals surface area contributed by atoms with Crippen molar-refractivity contribution in [3.63, 3.8) is 0 Å². The molecule has 0 amide bonds. The van der Waals surface area contributed by atoms with Crippen LogP contribution in [0.3, 0.4) is 0 Å². The molecule has 0 saturated heterocycles. The van der Waals surface area contributed by atoms with Crippen LogP contribution in [0.4, 0.5) is 36.3 Å². The van der Waals surface area contributed by atoms with Crippen LogP contribution in [-0.4, -0.2) is 16.6 Å². The second-order valence-electron chi connectivity index (χ2n) is 7.15. The molecule has 0 aliphatic carbocycles. The maximum absolute atomic E-state index is 13.4. The maximum atomic E-state index is 13.4. The zero-order valence-electron chi connectivity index (χ0n) is 17.5. The lowest BCUT2D eigenvalue weighted by molar-refractivity contribution is -0.137. The van der Waals surface area contributed by atoms with Gasteiger partial charge in [0.25, 0.3) is 0 Å². The molecule has 5 nitrogen and oxygen atoms in total. The minimum absolute atomic E-state index is 0.0239. The Hall–Kier alpha value is -3.00. The average Bonchev–Trinajstić information content (AvgIpc) is 2.74. The molecule has 0 saturated carbocycles. The van der Waals surface area contributed by atoms with E-state index < -0.39 is 11.7 Å². The van der Waals surface area contributed by atoms with Gasteiger partial charge in [0.2, 0.25) is 5.95 Å². The van der Waals surface area contributed by atoms with Gasteiger partial charge in [-0.05, 0) is 48.9 Å². The third-order valence-electron chi connectivity index (χ3n) is 4.56. The van der Waals surface area contributed by atoms with Crippen LogP contribution < -0.4 is 15.4 Å². The van der Waals surface area contributed by atoms with Crippen molar-refractivity contribution in [3.05, 3.63) is 65.3 Å². The van der Waals surface area contributed by atoms with E-state index in [9.17, 15) is 13.2 Å². The normalized spacial score (nSPS) is 11.3. The van der Waals surface area contributed by atoms with E-state index in [1.807, 2.05) is 0 Å². The Morgan fingerprint density at radius 2 is 1.75 bits per heavy atom. The summed E-state index contributed by atoms with van der Waals surface area (Å²) in [5, 5.41) is 5.99. The molecule has 0 fully saturated rings. The third-order valence-corrected chi connectivity index (χ3v) is 4.79. The summed E-state index contributed by atoms with van der Waals surface area (Å²) in [5.74, 6) is 0.378. The zero-order chi connectivity index (χ0) is 23.0. The highest BCUT2D eigenvalue weighted by atomic mass is 35.5. The largest absolute Gasteiger partial charge is 0.494 e. The first-order valence-corrected chi connectivity index (χ1v) is 10.7. The molecule has 2 aromatic carbocycles. The number of nitrogens with one attached hydrogen (secondary N) is 2. The number of unbranched alkanes of at least 4 members (excludes halogenated alkanes) is 3. The summed E-state index contributed by atoms with van der Waals surface area (Å²) in [6.07, 6.45) is 0.615. The Bertz CT molecular complexity index is 1010. The first kappa shape index (κ1) is 23.7. The van der Waals surface area contributed by atoms with Crippen molar-refractivity contribution >= 4 is 34.7 Å². The number of alkyl halides is 3. The van der Waals surface area contributed by atoms with Crippen molar-refractivity contribution in [1.82, 2.24) is 9.97 Å². The topological polar surface area (TPSA) is 59.1 Å². The van der Waals surface area contributed by atoms with Crippen molar-refractivity contribution in [3.8, 4) is 5.75 Å². The number of anilines is 4. The van der Waals surface area contributed by atoms with E-state index >= 15 is 0 Å². The van der Waals surface area contributed by atoms with Crippen molar-refractivity contribution in [2.24, 2.45) is 0 Å². The fourth-order valence-electron chi connectivity index (χ4n) is 2.93. The van der Waals surface area contributed by atoms with E-state index in [1.165, 1.54) is 18.9 Å². The van der Waals surface area contributed by atoms with Gasteiger partial charge in [-0.25, -0.2) is 4.98 Å². The van der Waals surface area contributed by atoms with Crippen LogP contribution in [0.25, 0.3) is 0 Å². The third kappa shape index (κ3) is 7.02. The molecule has 1 heterocycles. The van der Waals surface area contributed by atoms with Gasteiger partial charge in [-0.15, -0.1) is 0 Å². The van der Waals surface area contributed by atoms with E-state index in [2.05, 4.69) is 27.5 Å². The highest BCUT2D eigenvalue weighted by Crippen LogP contribution is 2.35. The maximum Gasteiger partial charge on any atom is 0.421 e. The van der Waals surface area contributed by atoms with Crippen LogP contribution in [0.15, 0.2) is 54.7 Å². The lowest BCUT2D eigenvalue weighted by Crippen LogP contribution is -2.12. The molecular weight excluding hydrogens is 441 g/mol. The molecule has 170 valence electrons.